The van der Waals surface area contributed by atoms with E-state index in [0.717, 1.165) is 10.9 Å². The van der Waals surface area contributed by atoms with Crippen molar-refractivity contribution >= 4 is 20.6 Å². The third-order valence-corrected chi connectivity index (χ3v) is 5.42. The monoisotopic (exact) mass is 291 g/mol. The molecule has 108 valence electrons. The summed E-state index contributed by atoms with van der Waals surface area (Å²) >= 11 is 0. The van der Waals surface area contributed by atoms with Gasteiger partial charge >= 0.3 is 0 Å². The summed E-state index contributed by atoms with van der Waals surface area (Å²) in [5, 5.41) is 2.32. The van der Waals surface area contributed by atoms with Crippen LogP contribution in [0.1, 0.15) is 31.4 Å². The molecular weight excluding hydrogens is 270 g/mol. The molecule has 0 radical (unpaired) electrons. The van der Waals surface area contributed by atoms with Crippen molar-refractivity contribution in [2.24, 2.45) is 5.73 Å². The van der Waals surface area contributed by atoms with Crippen LogP contribution < -0.4 is 5.73 Å². The third-order valence-electron chi connectivity index (χ3n) is 3.63. The molecule has 1 atom stereocenters. The van der Waals surface area contributed by atoms with Gasteiger partial charge in [-0.05, 0) is 29.2 Å². The van der Waals surface area contributed by atoms with Crippen LogP contribution in [0.15, 0.2) is 42.5 Å². The van der Waals surface area contributed by atoms with Crippen molar-refractivity contribution in [3.05, 3.63) is 48.0 Å². The van der Waals surface area contributed by atoms with E-state index < -0.39 is 9.84 Å². The van der Waals surface area contributed by atoms with E-state index in [9.17, 15) is 8.42 Å². The van der Waals surface area contributed by atoms with Gasteiger partial charge in [0.25, 0.3) is 0 Å². The van der Waals surface area contributed by atoms with Gasteiger partial charge in [-0.15, -0.1) is 0 Å². The molecule has 0 heterocycles. The Morgan fingerprint density at radius 3 is 2.55 bits per heavy atom. The summed E-state index contributed by atoms with van der Waals surface area (Å²) in [6.07, 6.45) is 1.30. The zero-order chi connectivity index (χ0) is 14.6. The summed E-state index contributed by atoms with van der Waals surface area (Å²) in [6, 6.07) is 14.1. The van der Waals surface area contributed by atoms with Crippen molar-refractivity contribution in [2.45, 2.75) is 25.8 Å². The second kappa shape index (κ2) is 6.37. The molecule has 0 aromatic heterocycles. The number of nitrogens with two attached hydrogens (primary N) is 1. The fraction of sp³-hybridized carbons (Fsp3) is 0.375. The molecule has 2 aromatic carbocycles. The predicted molar refractivity (Wildman–Crippen MR) is 84.4 cm³/mol. The molecule has 1 unspecified atom stereocenters. The van der Waals surface area contributed by atoms with Crippen LogP contribution in [0.4, 0.5) is 0 Å². The van der Waals surface area contributed by atoms with Crippen LogP contribution in [0.2, 0.25) is 0 Å². The largest absolute Gasteiger partial charge is 0.324 e. The van der Waals surface area contributed by atoms with Crippen molar-refractivity contribution in [2.75, 3.05) is 11.5 Å². The molecule has 2 aromatic rings. The van der Waals surface area contributed by atoms with Crippen molar-refractivity contribution in [3.8, 4) is 0 Å². The fourth-order valence-corrected chi connectivity index (χ4v) is 3.29. The van der Waals surface area contributed by atoms with Crippen molar-refractivity contribution in [3.63, 3.8) is 0 Å². The predicted octanol–water partition coefficient (Wildman–Crippen LogP) is 3.05. The number of fused-ring (bicyclic) bond motifs is 1. The lowest BCUT2D eigenvalue weighted by Crippen LogP contribution is -2.14. The molecule has 2 rings (SSSR count). The number of rotatable bonds is 6. The van der Waals surface area contributed by atoms with Crippen LogP contribution in [-0.2, 0) is 9.84 Å². The molecule has 20 heavy (non-hydrogen) atoms. The van der Waals surface area contributed by atoms with Crippen molar-refractivity contribution < 1.29 is 8.42 Å². The van der Waals surface area contributed by atoms with Gasteiger partial charge in [-0.1, -0.05) is 49.4 Å². The van der Waals surface area contributed by atoms with Gasteiger partial charge < -0.3 is 5.73 Å². The zero-order valence-corrected chi connectivity index (χ0v) is 12.6. The minimum atomic E-state index is -2.90. The van der Waals surface area contributed by atoms with Gasteiger partial charge in [0.05, 0.1) is 5.75 Å². The second-order valence-electron chi connectivity index (χ2n) is 5.05. The molecule has 0 saturated carbocycles. The van der Waals surface area contributed by atoms with Crippen LogP contribution in [-0.4, -0.2) is 19.9 Å². The maximum Gasteiger partial charge on any atom is 0.150 e. The summed E-state index contributed by atoms with van der Waals surface area (Å²) in [5.74, 6) is 0.429. The molecule has 2 N–H and O–H groups in total. The molecule has 0 saturated heterocycles. The molecule has 0 aliphatic heterocycles. The highest BCUT2D eigenvalue weighted by molar-refractivity contribution is 7.91. The lowest BCUT2D eigenvalue weighted by Gasteiger charge is -2.14. The van der Waals surface area contributed by atoms with Gasteiger partial charge in [-0.25, -0.2) is 8.42 Å². The van der Waals surface area contributed by atoms with E-state index in [0.29, 0.717) is 12.8 Å². The van der Waals surface area contributed by atoms with Gasteiger partial charge in [0, 0.05) is 11.8 Å². The smallest absolute Gasteiger partial charge is 0.150 e. The van der Waals surface area contributed by atoms with Gasteiger partial charge in [0.1, 0.15) is 9.84 Å². The van der Waals surface area contributed by atoms with Crippen LogP contribution in [0.5, 0.6) is 0 Å². The lowest BCUT2D eigenvalue weighted by molar-refractivity contribution is 0.584. The maximum absolute atomic E-state index is 11.5. The summed E-state index contributed by atoms with van der Waals surface area (Å²) in [6.45, 7) is 1.68. The van der Waals surface area contributed by atoms with E-state index >= 15 is 0 Å². The number of hydrogen-bond donors (Lipinski definition) is 1. The van der Waals surface area contributed by atoms with Crippen molar-refractivity contribution in [1.29, 1.82) is 0 Å². The van der Waals surface area contributed by atoms with Crippen LogP contribution in [0, 0.1) is 0 Å². The number of benzene rings is 2. The molecule has 0 aliphatic carbocycles. The maximum atomic E-state index is 11.5. The van der Waals surface area contributed by atoms with E-state index in [2.05, 4.69) is 18.2 Å². The topological polar surface area (TPSA) is 60.2 Å². The summed E-state index contributed by atoms with van der Waals surface area (Å²) in [7, 11) is -2.90. The quantitative estimate of drug-likeness (QED) is 0.890. The highest BCUT2D eigenvalue weighted by Gasteiger charge is 2.12. The summed E-state index contributed by atoms with van der Waals surface area (Å²) in [5.41, 5.74) is 7.33. The average molecular weight is 291 g/mol. The third kappa shape index (κ3) is 3.58. The Bertz CT molecular complexity index is 674. The highest BCUT2D eigenvalue weighted by Crippen LogP contribution is 2.25. The van der Waals surface area contributed by atoms with Crippen LogP contribution in [0.25, 0.3) is 10.8 Å². The second-order valence-corrected chi connectivity index (χ2v) is 7.53. The first kappa shape index (κ1) is 15.0. The molecule has 4 heteroatoms. The first-order valence-electron chi connectivity index (χ1n) is 6.97. The Morgan fingerprint density at radius 2 is 1.80 bits per heavy atom. The Hall–Kier alpha value is -1.39. The first-order valence-corrected chi connectivity index (χ1v) is 8.79. The zero-order valence-electron chi connectivity index (χ0n) is 11.7. The fourth-order valence-electron chi connectivity index (χ4n) is 2.40. The molecule has 0 fully saturated rings. The van der Waals surface area contributed by atoms with E-state index in [1.165, 1.54) is 5.39 Å². The Labute approximate surface area is 120 Å². The molecule has 0 bridgehead atoms. The van der Waals surface area contributed by atoms with Gasteiger partial charge in [0.15, 0.2) is 0 Å². The van der Waals surface area contributed by atoms with E-state index in [1.807, 2.05) is 24.3 Å². The molecular formula is C16H21NO2S. The molecule has 3 nitrogen and oxygen atoms in total. The van der Waals surface area contributed by atoms with E-state index in [1.54, 1.807) is 6.92 Å². The van der Waals surface area contributed by atoms with Gasteiger partial charge in [0.2, 0.25) is 0 Å². The van der Waals surface area contributed by atoms with Crippen molar-refractivity contribution in [1.82, 2.24) is 0 Å². The van der Waals surface area contributed by atoms with E-state index in [4.69, 9.17) is 5.73 Å². The molecule has 0 amide bonds. The Morgan fingerprint density at radius 1 is 1.10 bits per heavy atom. The van der Waals surface area contributed by atoms with E-state index in [-0.39, 0.29) is 17.5 Å². The first-order chi connectivity index (χ1) is 9.53. The van der Waals surface area contributed by atoms with Gasteiger partial charge in [-0.2, -0.15) is 0 Å². The molecule has 0 spiro atoms. The van der Waals surface area contributed by atoms with Gasteiger partial charge in [-0.3, -0.25) is 0 Å². The van der Waals surface area contributed by atoms with Crippen LogP contribution in [0.3, 0.4) is 0 Å². The minimum Gasteiger partial charge on any atom is -0.324 e. The normalized spacial score (nSPS) is 13.5. The standard InChI is InChI=1S/C16H21NO2S/c1-2-20(18,19)12-6-11-16(17)15-10-5-8-13-7-3-4-9-14(13)15/h3-5,7-10,16H,2,6,11-12,17H2,1H3. The SMILES string of the molecule is CCS(=O)(=O)CCCC(N)c1cccc2ccccc12. The Balaban J connectivity index is 2.10. The lowest BCUT2D eigenvalue weighted by atomic mass is 9.97. The van der Waals surface area contributed by atoms with Crippen LogP contribution >= 0.6 is 0 Å². The number of sulfone groups is 1. The highest BCUT2D eigenvalue weighted by atomic mass is 32.2. The Kier molecular flexibility index (Phi) is 4.78. The molecule has 0 aliphatic rings. The summed E-state index contributed by atoms with van der Waals surface area (Å²) < 4.78 is 23.0. The number of hydrogen-bond acceptors (Lipinski definition) is 3. The minimum absolute atomic E-state index is 0.117. The summed E-state index contributed by atoms with van der Waals surface area (Å²) in [4.78, 5) is 0. The average Bonchev–Trinajstić information content (AvgIpc) is 2.46.